The highest BCUT2D eigenvalue weighted by molar-refractivity contribution is 6.33. The fourth-order valence-electron chi connectivity index (χ4n) is 3.22. The maximum Gasteiger partial charge on any atom is 0.323 e. The summed E-state index contributed by atoms with van der Waals surface area (Å²) >= 11 is 6.05. The second-order valence-corrected chi connectivity index (χ2v) is 5.87. The predicted molar refractivity (Wildman–Crippen MR) is 74.3 cm³/mol. The largest absolute Gasteiger partial charge is 0.324 e. The minimum Gasteiger partial charge on any atom is -0.324 e. The number of urea groups is 1. The van der Waals surface area contributed by atoms with E-state index in [0.717, 1.165) is 19.6 Å². The first-order chi connectivity index (χ1) is 9.17. The molecule has 1 aromatic heterocycles. The van der Waals surface area contributed by atoms with Crippen LogP contribution in [0, 0.1) is 11.8 Å². The Bertz CT molecular complexity index is 475. The van der Waals surface area contributed by atoms with Crippen LogP contribution < -0.4 is 5.32 Å². The van der Waals surface area contributed by atoms with Gasteiger partial charge in [0.1, 0.15) is 5.02 Å². The van der Waals surface area contributed by atoms with Gasteiger partial charge in [-0.2, -0.15) is 5.10 Å². The molecular weight excluding hydrogens is 264 g/mol. The number of carbonyl (C=O) groups excluding carboxylic acids is 1. The van der Waals surface area contributed by atoms with E-state index >= 15 is 0 Å². The maximum absolute atomic E-state index is 12.2. The molecule has 2 amide bonds. The van der Waals surface area contributed by atoms with Crippen molar-refractivity contribution in [1.82, 2.24) is 14.7 Å². The summed E-state index contributed by atoms with van der Waals surface area (Å²) in [7, 11) is 0. The second kappa shape index (κ2) is 5.04. The number of aromatic nitrogens is 2. The van der Waals surface area contributed by atoms with Gasteiger partial charge in [-0.15, -0.1) is 0 Å². The molecule has 2 fully saturated rings. The van der Waals surface area contributed by atoms with Crippen molar-refractivity contribution < 1.29 is 4.79 Å². The lowest BCUT2D eigenvalue weighted by atomic mass is 10.0. The summed E-state index contributed by atoms with van der Waals surface area (Å²) in [6.07, 6.45) is 5.58. The lowest BCUT2D eigenvalue weighted by Gasteiger charge is -2.17. The number of carbonyl (C=O) groups is 1. The van der Waals surface area contributed by atoms with Crippen LogP contribution in [0.25, 0.3) is 0 Å². The van der Waals surface area contributed by atoms with Crippen molar-refractivity contribution in [1.29, 1.82) is 0 Å². The first-order valence-electron chi connectivity index (χ1n) is 6.96. The summed E-state index contributed by atoms with van der Waals surface area (Å²) in [5, 5.41) is 7.55. The van der Waals surface area contributed by atoms with Crippen molar-refractivity contribution in [2.75, 3.05) is 18.4 Å². The Balaban J connectivity index is 1.63. The van der Waals surface area contributed by atoms with Crippen LogP contribution in [0.2, 0.25) is 5.02 Å². The number of rotatable bonds is 2. The van der Waals surface area contributed by atoms with Crippen molar-refractivity contribution >= 4 is 23.4 Å². The Morgan fingerprint density at radius 2 is 2.16 bits per heavy atom. The van der Waals surface area contributed by atoms with Gasteiger partial charge in [0.2, 0.25) is 0 Å². The monoisotopic (exact) mass is 282 g/mol. The maximum atomic E-state index is 12.2. The zero-order chi connectivity index (χ0) is 13.4. The highest BCUT2D eigenvalue weighted by Crippen LogP contribution is 2.37. The van der Waals surface area contributed by atoms with Crippen LogP contribution in [0.5, 0.6) is 0 Å². The molecule has 6 heteroatoms. The number of likely N-dealkylation sites (tertiary alicyclic amines) is 1. The van der Waals surface area contributed by atoms with Crippen LogP contribution in [0.15, 0.2) is 6.20 Å². The van der Waals surface area contributed by atoms with Crippen molar-refractivity contribution in [3.05, 3.63) is 11.2 Å². The second-order valence-electron chi connectivity index (χ2n) is 5.47. The zero-order valence-electron chi connectivity index (χ0n) is 11.1. The van der Waals surface area contributed by atoms with Crippen LogP contribution in [0.1, 0.15) is 26.2 Å². The van der Waals surface area contributed by atoms with Crippen LogP contribution in [-0.4, -0.2) is 33.8 Å². The molecule has 1 aromatic rings. The van der Waals surface area contributed by atoms with Crippen LogP contribution >= 0.6 is 11.6 Å². The summed E-state index contributed by atoms with van der Waals surface area (Å²) in [6.45, 7) is 4.48. The molecule has 0 unspecified atom stereocenters. The number of amides is 2. The van der Waals surface area contributed by atoms with E-state index in [4.69, 9.17) is 11.6 Å². The van der Waals surface area contributed by atoms with E-state index in [2.05, 4.69) is 10.4 Å². The molecule has 0 spiro atoms. The molecule has 104 valence electrons. The number of aryl methyl sites for hydroxylation is 1. The number of fused-ring (bicyclic) bond motifs is 1. The lowest BCUT2D eigenvalue weighted by molar-refractivity contribution is 0.218. The number of hydrogen-bond donors (Lipinski definition) is 1. The summed E-state index contributed by atoms with van der Waals surface area (Å²) in [4.78, 5) is 14.1. The molecule has 0 bridgehead atoms. The van der Waals surface area contributed by atoms with Gasteiger partial charge in [-0.1, -0.05) is 18.0 Å². The number of halogens is 1. The number of nitrogens with zero attached hydrogens (tertiary/aromatic N) is 3. The third kappa shape index (κ3) is 2.43. The van der Waals surface area contributed by atoms with Crippen molar-refractivity contribution in [3.8, 4) is 0 Å². The summed E-state index contributed by atoms with van der Waals surface area (Å²) in [5.41, 5.74) is 0. The fraction of sp³-hybridized carbons (Fsp3) is 0.692. The van der Waals surface area contributed by atoms with Gasteiger partial charge in [-0.3, -0.25) is 10.00 Å². The van der Waals surface area contributed by atoms with E-state index in [1.807, 2.05) is 11.8 Å². The molecule has 5 nitrogen and oxygen atoms in total. The number of anilines is 1. The average Bonchev–Trinajstić information content (AvgIpc) is 3.03. The normalized spacial score (nSPS) is 25.7. The molecule has 1 saturated carbocycles. The zero-order valence-corrected chi connectivity index (χ0v) is 11.9. The Morgan fingerprint density at radius 3 is 2.74 bits per heavy atom. The molecule has 0 radical (unpaired) electrons. The van der Waals surface area contributed by atoms with Gasteiger partial charge in [0, 0.05) is 25.8 Å². The minimum absolute atomic E-state index is 0.0716. The van der Waals surface area contributed by atoms with E-state index in [-0.39, 0.29) is 6.03 Å². The number of nitrogens with one attached hydrogen (secondary N) is 1. The molecule has 3 rings (SSSR count). The highest BCUT2D eigenvalue weighted by atomic mass is 35.5. The Morgan fingerprint density at radius 1 is 1.47 bits per heavy atom. The molecule has 1 saturated heterocycles. The Labute approximate surface area is 117 Å². The molecule has 1 aliphatic carbocycles. The third-order valence-electron chi connectivity index (χ3n) is 4.28. The van der Waals surface area contributed by atoms with Crippen LogP contribution in [0.3, 0.4) is 0 Å². The predicted octanol–water partition coefficient (Wildman–Crippen LogP) is 2.82. The third-order valence-corrected chi connectivity index (χ3v) is 4.56. The Hall–Kier alpha value is -1.23. The molecular formula is C13H19ClN4O. The van der Waals surface area contributed by atoms with Gasteiger partial charge < -0.3 is 4.90 Å². The van der Waals surface area contributed by atoms with E-state index in [1.54, 1.807) is 10.9 Å². The van der Waals surface area contributed by atoms with Crippen molar-refractivity contribution in [2.45, 2.75) is 32.7 Å². The topological polar surface area (TPSA) is 50.2 Å². The smallest absolute Gasteiger partial charge is 0.323 e. The van der Waals surface area contributed by atoms with Gasteiger partial charge >= 0.3 is 6.03 Å². The lowest BCUT2D eigenvalue weighted by Crippen LogP contribution is -2.33. The SMILES string of the molecule is CCn1cc(Cl)c(NC(=O)N2C[C@H]3CCC[C@H]3C2)n1. The van der Waals surface area contributed by atoms with E-state index in [1.165, 1.54) is 19.3 Å². The van der Waals surface area contributed by atoms with Gasteiger partial charge in [-0.25, -0.2) is 4.79 Å². The fourth-order valence-corrected chi connectivity index (χ4v) is 3.42. The first-order valence-corrected chi connectivity index (χ1v) is 7.34. The van der Waals surface area contributed by atoms with Crippen molar-refractivity contribution in [3.63, 3.8) is 0 Å². The van der Waals surface area contributed by atoms with Gasteiger partial charge in [0.25, 0.3) is 0 Å². The average molecular weight is 283 g/mol. The molecule has 1 N–H and O–H groups in total. The summed E-state index contributed by atoms with van der Waals surface area (Å²) < 4.78 is 1.72. The molecule has 0 aromatic carbocycles. The van der Waals surface area contributed by atoms with E-state index in [0.29, 0.717) is 22.7 Å². The van der Waals surface area contributed by atoms with Crippen LogP contribution in [-0.2, 0) is 6.54 Å². The van der Waals surface area contributed by atoms with E-state index < -0.39 is 0 Å². The highest BCUT2D eigenvalue weighted by Gasteiger charge is 2.38. The minimum atomic E-state index is -0.0716. The van der Waals surface area contributed by atoms with Gasteiger partial charge in [-0.05, 0) is 31.6 Å². The van der Waals surface area contributed by atoms with Gasteiger partial charge in [0.15, 0.2) is 5.82 Å². The van der Waals surface area contributed by atoms with Crippen molar-refractivity contribution in [2.24, 2.45) is 11.8 Å². The summed E-state index contributed by atoms with van der Waals surface area (Å²) in [5.74, 6) is 1.87. The number of hydrogen-bond acceptors (Lipinski definition) is 2. The molecule has 2 aliphatic rings. The molecule has 2 heterocycles. The molecule has 1 aliphatic heterocycles. The molecule has 2 atom stereocenters. The Kier molecular flexibility index (Phi) is 3.39. The van der Waals surface area contributed by atoms with Gasteiger partial charge in [0.05, 0.1) is 0 Å². The standard InChI is InChI=1S/C13H19ClN4O/c1-2-18-8-11(14)12(16-18)15-13(19)17-6-9-4-3-5-10(9)7-17/h8-10H,2-7H2,1H3,(H,15,16,19)/t9-,10+. The van der Waals surface area contributed by atoms with E-state index in [9.17, 15) is 4.79 Å². The van der Waals surface area contributed by atoms with Crippen LogP contribution in [0.4, 0.5) is 10.6 Å². The molecule has 19 heavy (non-hydrogen) atoms. The quantitative estimate of drug-likeness (QED) is 0.907. The summed E-state index contributed by atoms with van der Waals surface area (Å²) in [6, 6.07) is -0.0716. The first kappa shape index (κ1) is 12.8.